The SMILES string of the molecule is CC(C)(C)OC(=O)N1CCCC[C@H]1c1cccnc1N. The predicted octanol–water partition coefficient (Wildman–Crippen LogP) is 3.13. The number of carbonyl (C=O) groups is 1. The summed E-state index contributed by atoms with van der Waals surface area (Å²) in [5.41, 5.74) is 6.38. The van der Waals surface area contributed by atoms with Crippen molar-refractivity contribution in [1.82, 2.24) is 9.88 Å². The number of hydrogen-bond acceptors (Lipinski definition) is 4. The number of ether oxygens (including phenoxy) is 1. The van der Waals surface area contributed by atoms with E-state index >= 15 is 0 Å². The predicted molar refractivity (Wildman–Crippen MR) is 78.2 cm³/mol. The van der Waals surface area contributed by atoms with Crippen molar-refractivity contribution in [2.24, 2.45) is 0 Å². The first-order valence-corrected chi connectivity index (χ1v) is 7.08. The Morgan fingerprint density at radius 3 is 2.85 bits per heavy atom. The largest absolute Gasteiger partial charge is 0.444 e. The highest BCUT2D eigenvalue weighted by Gasteiger charge is 2.32. The van der Waals surface area contributed by atoms with Crippen LogP contribution in [0.1, 0.15) is 51.6 Å². The molecule has 110 valence electrons. The Balaban J connectivity index is 2.22. The third kappa shape index (κ3) is 3.40. The molecule has 1 aliphatic heterocycles. The Hall–Kier alpha value is -1.78. The Labute approximate surface area is 120 Å². The molecule has 1 saturated heterocycles. The Morgan fingerprint density at radius 2 is 2.20 bits per heavy atom. The van der Waals surface area contributed by atoms with Gasteiger partial charge in [-0.25, -0.2) is 9.78 Å². The summed E-state index contributed by atoms with van der Waals surface area (Å²) in [5, 5.41) is 0. The van der Waals surface area contributed by atoms with Gasteiger partial charge in [0.2, 0.25) is 0 Å². The van der Waals surface area contributed by atoms with Crippen molar-refractivity contribution in [3.8, 4) is 0 Å². The van der Waals surface area contributed by atoms with Crippen LogP contribution in [-0.2, 0) is 4.74 Å². The number of hydrogen-bond donors (Lipinski definition) is 1. The first-order valence-electron chi connectivity index (χ1n) is 7.08. The van der Waals surface area contributed by atoms with Crippen LogP contribution in [0.2, 0.25) is 0 Å². The van der Waals surface area contributed by atoms with E-state index in [4.69, 9.17) is 10.5 Å². The van der Waals surface area contributed by atoms with Gasteiger partial charge in [-0.2, -0.15) is 0 Å². The smallest absolute Gasteiger partial charge is 0.410 e. The molecule has 5 heteroatoms. The second-order valence-corrected chi connectivity index (χ2v) is 6.16. The quantitative estimate of drug-likeness (QED) is 0.856. The van der Waals surface area contributed by atoms with Crippen LogP contribution in [0.4, 0.5) is 10.6 Å². The van der Waals surface area contributed by atoms with Gasteiger partial charge in [-0.05, 0) is 46.1 Å². The van der Waals surface area contributed by atoms with Crippen LogP contribution in [0.25, 0.3) is 0 Å². The fourth-order valence-corrected chi connectivity index (χ4v) is 2.51. The van der Waals surface area contributed by atoms with Gasteiger partial charge in [0.05, 0.1) is 6.04 Å². The molecule has 20 heavy (non-hydrogen) atoms. The second kappa shape index (κ2) is 5.69. The van der Waals surface area contributed by atoms with E-state index in [-0.39, 0.29) is 12.1 Å². The van der Waals surface area contributed by atoms with Crippen LogP contribution in [0.5, 0.6) is 0 Å². The van der Waals surface area contributed by atoms with Crippen LogP contribution in [0, 0.1) is 0 Å². The van der Waals surface area contributed by atoms with Gasteiger partial charge >= 0.3 is 6.09 Å². The molecule has 0 saturated carbocycles. The summed E-state index contributed by atoms with van der Waals surface area (Å²) in [6, 6.07) is 3.76. The van der Waals surface area contributed by atoms with Gasteiger partial charge in [0.1, 0.15) is 11.4 Å². The summed E-state index contributed by atoms with van der Waals surface area (Å²) in [6.45, 7) is 6.33. The number of carbonyl (C=O) groups excluding carboxylic acids is 1. The highest BCUT2D eigenvalue weighted by Crippen LogP contribution is 2.34. The molecule has 1 aromatic heterocycles. The van der Waals surface area contributed by atoms with E-state index in [2.05, 4.69) is 4.98 Å². The zero-order valence-corrected chi connectivity index (χ0v) is 12.4. The first-order chi connectivity index (χ1) is 9.38. The van der Waals surface area contributed by atoms with Crippen LogP contribution < -0.4 is 5.73 Å². The number of piperidine rings is 1. The van der Waals surface area contributed by atoms with Gasteiger partial charge in [-0.15, -0.1) is 0 Å². The molecule has 5 nitrogen and oxygen atoms in total. The molecule has 0 spiro atoms. The van der Waals surface area contributed by atoms with Gasteiger partial charge in [0.25, 0.3) is 0 Å². The van der Waals surface area contributed by atoms with Crippen LogP contribution in [0.3, 0.4) is 0 Å². The van der Waals surface area contributed by atoms with Crippen molar-refractivity contribution in [3.05, 3.63) is 23.9 Å². The molecule has 2 N–H and O–H groups in total. The van der Waals surface area contributed by atoms with E-state index in [1.54, 1.807) is 11.1 Å². The molecule has 2 heterocycles. The number of aromatic nitrogens is 1. The maximum Gasteiger partial charge on any atom is 0.410 e. The third-order valence-electron chi connectivity index (χ3n) is 3.36. The van der Waals surface area contributed by atoms with E-state index in [1.165, 1.54) is 0 Å². The number of pyridine rings is 1. The monoisotopic (exact) mass is 277 g/mol. The van der Waals surface area contributed by atoms with Crippen molar-refractivity contribution < 1.29 is 9.53 Å². The van der Waals surface area contributed by atoms with Crippen molar-refractivity contribution >= 4 is 11.9 Å². The van der Waals surface area contributed by atoms with E-state index in [0.717, 1.165) is 24.8 Å². The minimum absolute atomic E-state index is 0.0349. The van der Waals surface area contributed by atoms with Crippen molar-refractivity contribution in [2.45, 2.75) is 51.7 Å². The average Bonchev–Trinajstić information content (AvgIpc) is 2.37. The van der Waals surface area contributed by atoms with E-state index in [1.807, 2.05) is 32.9 Å². The van der Waals surface area contributed by atoms with Gasteiger partial charge < -0.3 is 15.4 Å². The summed E-state index contributed by atoms with van der Waals surface area (Å²) in [4.78, 5) is 18.3. The lowest BCUT2D eigenvalue weighted by molar-refractivity contribution is 0.00958. The lowest BCUT2D eigenvalue weighted by Crippen LogP contribution is -2.42. The molecule has 0 aromatic carbocycles. The summed E-state index contributed by atoms with van der Waals surface area (Å²) in [6.07, 6.45) is 4.37. The van der Waals surface area contributed by atoms with Crippen LogP contribution >= 0.6 is 0 Å². The number of anilines is 1. The summed E-state index contributed by atoms with van der Waals surface area (Å²) in [7, 11) is 0. The molecule has 0 aliphatic carbocycles. The third-order valence-corrected chi connectivity index (χ3v) is 3.36. The standard InChI is InChI=1S/C15H23N3O2/c1-15(2,3)20-14(19)18-10-5-4-8-12(18)11-7-6-9-17-13(11)16/h6-7,9,12H,4-5,8,10H2,1-3H3,(H2,16,17)/t12-/m0/s1. The topological polar surface area (TPSA) is 68.5 Å². The molecule has 2 rings (SSSR count). The molecule has 0 unspecified atom stereocenters. The fraction of sp³-hybridized carbons (Fsp3) is 0.600. The number of amides is 1. The maximum absolute atomic E-state index is 12.4. The highest BCUT2D eigenvalue weighted by atomic mass is 16.6. The Kier molecular flexibility index (Phi) is 4.16. The molecule has 1 atom stereocenters. The zero-order valence-electron chi connectivity index (χ0n) is 12.4. The number of nitrogens with two attached hydrogens (primary N) is 1. The van der Waals surface area contributed by atoms with Crippen molar-refractivity contribution in [1.29, 1.82) is 0 Å². The Morgan fingerprint density at radius 1 is 1.45 bits per heavy atom. The molecule has 1 aliphatic rings. The lowest BCUT2D eigenvalue weighted by atomic mass is 9.96. The highest BCUT2D eigenvalue weighted by molar-refractivity contribution is 5.69. The maximum atomic E-state index is 12.4. The van der Waals surface area contributed by atoms with E-state index in [0.29, 0.717) is 12.4 Å². The summed E-state index contributed by atoms with van der Waals surface area (Å²) in [5.74, 6) is 0.493. The fourth-order valence-electron chi connectivity index (χ4n) is 2.51. The molecule has 0 bridgehead atoms. The molecule has 1 fully saturated rings. The van der Waals surface area contributed by atoms with E-state index < -0.39 is 5.60 Å². The summed E-state index contributed by atoms with van der Waals surface area (Å²) < 4.78 is 5.49. The molecule has 1 aromatic rings. The van der Waals surface area contributed by atoms with Crippen molar-refractivity contribution in [3.63, 3.8) is 0 Å². The van der Waals surface area contributed by atoms with Gasteiger partial charge in [-0.3, -0.25) is 0 Å². The summed E-state index contributed by atoms with van der Waals surface area (Å²) >= 11 is 0. The van der Waals surface area contributed by atoms with Gasteiger partial charge in [0.15, 0.2) is 0 Å². The number of likely N-dealkylation sites (tertiary alicyclic amines) is 1. The van der Waals surface area contributed by atoms with Crippen LogP contribution in [0.15, 0.2) is 18.3 Å². The van der Waals surface area contributed by atoms with Crippen LogP contribution in [-0.4, -0.2) is 28.1 Å². The zero-order chi connectivity index (χ0) is 14.8. The molecular weight excluding hydrogens is 254 g/mol. The minimum atomic E-state index is -0.487. The van der Waals surface area contributed by atoms with E-state index in [9.17, 15) is 4.79 Å². The number of rotatable bonds is 1. The molecule has 0 radical (unpaired) electrons. The Bertz CT molecular complexity index is 482. The average molecular weight is 277 g/mol. The first kappa shape index (κ1) is 14.6. The normalized spacial score (nSPS) is 19.8. The van der Waals surface area contributed by atoms with Gasteiger partial charge in [0, 0.05) is 18.3 Å². The van der Waals surface area contributed by atoms with Crippen molar-refractivity contribution in [2.75, 3.05) is 12.3 Å². The molecular formula is C15H23N3O2. The minimum Gasteiger partial charge on any atom is -0.444 e. The second-order valence-electron chi connectivity index (χ2n) is 6.16. The number of nitrogen functional groups attached to an aromatic ring is 1. The lowest BCUT2D eigenvalue weighted by Gasteiger charge is -2.37. The van der Waals surface area contributed by atoms with Gasteiger partial charge in [-0.1, -0.05) is 6.07 Å². The number of nitrogens with zero attached hydrogens (tertiary/aromatic N) is 2. The molecule has 1 amide bonds.